The molecule has 0 atom stereocenters. The van der Waals surface area contributed by atoms with Crippen molar-refractivity contribution in [2.75, 3.05) is 6.54 Å². The molecule has 90 valence electrons. The summed E-state index contributed by atoms with van der Waals surface area (Å²) in [4.78, 5) is 25.4. The maximum atomic E-state index is 12.3. The number of carbonyl (C=O) groups is 2. The third-order valence-corrected chi connectivity index (χ3v) is 3.37. The molecule has 1 heterocycles. The molecule has 2 rings (SSSR count). The molecule has 0 spiro atoms. The Morgan fingerprint density at radius 2 is 2.00 bits per heavy atom. The van der Waals surface area contributed by atoms with Crippen molar-refractivity contribution in [3.05, 3.63) is 34.9 Å². The number of ketones is 1. The minimum absolute atomic E-state index is 0.0930. The normalized spacial score (nSPS) is 18.5. The number of amides is 1. The standard InChI is InChI=1S/C13H14ClNO2/c1-13(2)7-9(16)8-15(13)12(17)10-5-3-4-6-11(10)14/h3-6H,7-8H2,1-2H3. The molecule has 0 unspecified atom stereocenters. The lowest BCUT2D eigenvalue weighted by Crippen LogP contribution is -2.42. The Labute approximate surface area is 105 Å². The van der Waals surface area contributed by atoms with E-state index in [0.717, 1.165) is 0 Å². The van der Waals surface area contributed by atoms with Crippen LogP contribution in [0.25, 0.3) is 0 Å². The van der Waals surface area contributed by atoms with E-state index in [1.54, 1.807) is 29.2 Å². The highest BCUT2D eigenvalue weighted by Gasteiger charge is 2.40. The van der Waals surface area contributed by atoms with Gasteiger partial charge in [0, 0.05) is 12.0 Å². The van der Waals surface area contributed by atoms with Gasteiger partial charge in [0.2, 0.25) is 0 Å². The van der Waals surface area contributed by atoms with E-state index in [2.05, 4.69) is 0 Å². The van der Waals surface area contributed by atoms with E-state index < -0.39 is 5.54 Å². The van der Waals surface area contributed by atoms with Gasteiger partial charge >= 0.3 is 0 Å². The predicted octanol–water partition coefficient (Wildman–Crippen LogP) is 2.53. The topological polar surface area (TPSA) is 37.4 Å². The van der Waals surface area contributed by atoms with Crippen molar-refractivity contribution in [1.82, 2.24) is 4.90 Å². The van der Waals surface area contributed by atoms with E-state index in [0.29, 0.717) is 17.0 Å². The first-order chi connectivity index (χ1) is 7.92. The van der Waals surface area contributed by atoms with Crippen LogP contribution in [-0.4, -0.2) is 28.7 Å². The minimum Gasteiger partial charge on any atom is -0.326 e. The van der Waals surface area contributed by atoms with E-state index in [9.17, 15) is 9.59 Å². The van der Waals surface area contributed by atoms with Gasteiger partial charge in [-0.2, -0.15) is 0 Å². The van der Waals surface area contributed by atoms with Gasteiger partial charge in [0.1, 0.15) is 0 Å². The van der Waals surface area contributed by atoms with Crippen molar-refractivity contribution in [3.63, 3.8) is 0 Å². The van der Waals surface area contributed by atoms with Crippen molar-refractivity contribution in [2.45, 2.75) is 25.8 Å². The summed E-state index contributed by atoms with van der Waals surface area (Å²) in [6.45, 7) is 3.97. The molecule has 1 fully saturated rings. The molecule has 0 N–H and O–H groups in total. The van der Waals surface area contributed by atoms with E-state index in [1.807, 2.05) is 13.8 Å². The van der Waals surface area contributed by atoms with E-state index in [-0.39, 0.29) is 18.2 Å². The van der Waals surface area contributed by atoms with E-state index >= 15 is 0 Å². The molecule has 1 aromatic carbocycles. The number of halogens is 1. The molecular formula is C13H14ClNO2. The highest BCUT2D eigenvalue weighted by Crippen LogP contribution is 2.29. The van der Waals surface area contributed by atoms with Gasteiger partial charge in [-0.15, -0.1) is 0 Å². The lowest BCUT2D eigenvalue weighted by Gasteiger charge is -2.30. The molecule has 0 saturated carbocycles. The van der Waals surface area contributed by atoms with Crippen LogP contribution in [-0.2, 0) is 4.79 Å². The first kappa shape index (κ1) is 12.1. The number of benzene rings is 1. The number of carbonyl (C=O) groups excluding carboxylic acids is 2. The molecule has 1 saturated heterocycles. The van der Waals surface area contributed by atoms with E-state index in [4.69, 9.17) is 11.6 Å². The summed E-state index contributed by atoms with van der Waals surface area (Å²) in [6.07, 6.45) is 0.406. The zero-order valence-corrected chi connectivity index (χ0v) is 10.6. The molecule has 0 aromatic heterocycles. The number of rotatable bonds is 1. The molecule has 0 radical (unpaired) electrons. The van der Waals surface area contributed by atoms with E-state index in [1.165, 1.54) is 0 Å². The number of hydrogen-bond donors (Lipinski definition) is 0. The lowest BCUT2D eigenvalue weighted by molar-refractivity contribution is -0.116. The molecule has 1 aromatic rings. The summed E-state index contributed by atoms with van der Waals surface area (Å²) in [5, 5.41) is 0.424. The molecule has 0 bridgehead atoms. The van der Waals surface area contributed by atoms with Crippen LogP contribution in [0.4, 0.5) is 0 Å². The van der Waals surface area contributed by atoms with Gasteiger partial charge in [0.15, 0.2) is 5.78 Å². The second-order valence-corrected chi connectivity index (χ2v) is 5.31. The molecule has 1 aliphatic rings. The number of likely N-dealkylation sites (tertiary alicyclic amines) is 1. The Bertz CT molecular complexity index is 482. The average molecular weight is 252 g/mol. The fraction of sp³-hybridized carbons (Fsp3) is 0.385. The van der Waals surface area contributed by atoms with Gasteiger partial charge in [0.25, 0.3) is 5.91 Å². The zero-order valence-electron chi connectivity index (χ0n) is 9.87. The van der Waals surface area contributed by atoms with Crippen LogP contribution in [0.15, 0.2) is 24.3 Å². The number of nitrogens with zero attached hydrogens (tertiary/aromatic N) is 1. The molecule has 0 aliphatic carbocycles. The summed E-state index contributed by atoms with van der Waals surface area (Å²) in [5.41, 5.74) is 0.0322. The average Bonchev–Trinajstić information content (AvgIpc) is 2.51. The summed E-state index contributed by atoms with van der Waals surface area (Å²) in [7, 11) is 0. The van der Waals surface area contributed by atoms with Crippen LogP contribution in [0.3, 0.4) is 0 Å². The third-order valence-electron chi connectivity index (χ3n) is 3.04. The fourth-order valence-electron chi connectivity index (χ4n) is 2.15. The quantitative estimate of drug-likeness (QED) is 0.769. The molecule has 4 heteroatoms. The lowest BCUT2D eigenvalue weighted by atomic mass is 10.0. The fourth-order valence-corrected chi connectivity index (χ4v) is 2.37. The summed E-state index contributed by atoms with van der Waals surface area (Å²) in [5.74, 6) is -0.0816. The SMILES string of the molecule is CC1(C)CC(=O)CN1C(=O)c1ccccc1Cl. The third kappa shape index (κ3) is 2.20. The summed E-state index contributed by atoms with van der Waals surface area (Å²) in [6, 6.07) is 6.91. The predicted molar refractivity (Wildman–Crippen MR) is 66.2 cm³/mol. The Kier molecular flexibility index (Phi) is 2.96. The summed E-state index contributed by atoms with van der Waals surface area (Å²) >= 11 is 5.99. The maximum Gasteiger partial charge on any atom is 0.256 e. The van der Waals surface area contributed by atoms with Crippen LogP contribution < -0.4 is 0 Å². The highest BCUT2D eigenvalue weighted by atomic mass is 35.5. The molecule has 3 nitrogen and oxygen atoms in total. The van der Waals surface area contributed by atoms with Gasteiger partial charge < -0.3 is 4.90 Å². The molecule has 17 heavy (non-hydrogen) atoms. The van der Waals surface area contributed by atoms with Crippen LogP contribution in [0, 0.1) is 0 Å². The monoisotopic (exact) mass is 251 g/mol. The van der Waals surface area contributed by atoms with Crippen molar-refractivity contribution >= 4 is 23.3 Å². The first-order valence-electron chi connectivity index (χ1n) is 5.50. The van der Waals surface area contributed by atoms with Crippen molar-refractivity contribution < 1.29 is 9.59 Å². The molecule has 1 aliphatic heterocycles. The van der Waals surface area contributed by atoms with Crippen molar-refractivity contribution in [3.8, 4) is 0 Å². The number of Topliss-reactive ketones (excluding diaryl/α,β-unsaturated/α-hetero) is 1. The van der Waals surface area contributed by atoms with Crippen LogP contribution >= 0.6 is 11.6 Å². The number of hydrogen-bond acceptors (Lipinski definition) is 2. The van der Waals surface area contributed by atoms with Crippen LogP contribution in [0.2, 0.25) is 5.02 Å². The maximum absolute atomic E-state index is 12.3. The van der Waals surface area contributed by atoms with Gasteiger partial charge in [-0.3, -0.25) is 9.59 Å². The minimum atomic E-state index is -0.423. The van der Waals surface area contributed by atoms with Gasteiger partial charge in [-0.1, -0.05) is 23.7 Å². The Morgan fingerprint density at radius 1 is 1.35 bits per heavy atom. The zero-order chi connectivity index (χ0) is 12.6. The van der Waals surface area contributed by atoms with Crippen LogP contribution in [0.1, 0.15) is 30.6 Å². The van der Waals surface area contributed by atoms with Crippen molar-refractivity contribution in [2.24, 2.45) is 0 Å². The Hall–Kier alpha value is -1.35. The second-order valence-electron chi connectivity index (χ2n) is 4.90. The van der Waals surface area contributed by atoms with Gasteiger partial charge in [-0.25, -0.2) is 0 Å². The highest BCUT2D eigenvalue weighted by molar-refractivity contribution is 6.33. The van der Waals surface area contributed by atoms with Gasteiger partial charge in [-0.05, 0) is 26.0 Å². The van der Waals surface area contributed by atoms with Gasteiger partial charge in [0.05, 0.1) is 17.1 Å². The Morgan fingerprint density at radius 3 is 2.53 bits per heavy atom. The van der Waals surface area contributed by atoms with Crippen LogP contribution in [0.5, 0.6) is 0 Å². The molecule has 1 amide bonds. The largest absolute Gasteiger partial charge is 0.326 e. The first-order valence-corrected chi connectivity index (χ1v) is 5.88. The molecular weight excluding hydrogens is 238 g/mol. The smallest absolute Gasteiger partial charge is 0.256 e. The summed E-state index contributed by atoms with van der Waals surface area (Å²) < 4.78 is 0. The second kappa shape index (κ2) is 4.15. The van der Waals surface area contributed by atoms with Crippen molar-refractivity contribution in [1.29, 1.82) is 0 Å². The Balaban J connectivity index is 2.33.